The van der Waals surface area contributed by atoms with Crippen molar-refractivity contribution in [3.63, 3.8) is 0 Å². The van der Waals surface area contributed by atoms with E-state index < -0.39 is 0 Å². The minimum absolute atomic E-state index is 0.0751. The first kappa shape index (κ1) is 17.0. The van der Waals surface area contributed by atoms with Crippen LogP contribution in [0.1, 0.15) is 37.5 Å². The van der Waals surface area contributed by atoms with Crippen molar-refractivity contribution < 1.29 is 14.4 Å². The van der Waals surface area contributed by atoms with Gasteiger partial charge in [0.15, 0.2) is 6.04 Å². The summed E-state index contributed by atoms with van der Waals surface area (Å²) in [7, 11) is 0. The lowest BCUT2D eigenvalue weighted by atomic mass is 10.0. The van der Waals surface area contributed by atoms with Gasteiger partial charge in [0.25, 0.3) is 5.91 Å². The molecule has 0 radical (unpaired) electrons. The number of amides is 1. The van der Waals surface area contributed by atoms with Crippen molar-refractivity contribution in [2.45, 2.75) is 59.8 Å². The minimum atomic E-state index is -0.0751. The summed E-state index contributed by atoms with van der Waals surface area (Å²) >= 11 is 0. The van der Waals surface area contributed by atoms with Gasteiger partial charge in [-0.2, -0.15) is 0 Å². The Kier molecular flexibility index (Phi) is 5.24. The van der Waals surface area contributed by atoms with Crippen LogP contribution >= 0.6 is 0 Å². The normalized spacial score (nSPS) is 26.5. The molecule has 3 atom stereocenters. The second kappa shape index (κ2) is 6.80. The maximum absolute atomic E-state index is 12.6. The number of morpholine rings is 1. The smallest absolute Gasteiger partial charge is 0.282 e. The van der Waals surface area contributed by atoms with Gasteiger partial charge in [-0.05, 0) is 52.7 Å². The lowest BCUT2D eigenvalue weighted by molar-refractivity contribution is -0.928. The van der Waals surface area contributed by atoms with Crippen LogP contribution in [0.5, 0.6) is 0 Å². The van der Waals surface area contributed by atoms with E-state index in [2.05, 4.69) is 38.2 Å². The summed E-state index contributed by atoms with van der Waals surface area (Å²) in [6.45, 7) is 14.1. The number of carbonyl (C=O) groups is 1. The third kappa shape index (κ3) is 3.87. The highest BCUT2D eigenvalue weighted by atomic mass is 16.5. The van der Waals surface area contributed by atoms with Gasteiger partial charge in [0.1, 0.15) is 25.3 Å². The zero-order valence-corrected chi connectivity index (χ0v) is 14.6. The van der Waals surface area contributed by atoms with Gasteiger partial charge in [-0.15, -0.1) is 0 Å². The molecule has 0 bridgehead atoms. The Morgan fingerprint density at radius 3 is 2.18 bits per heavy atom. The number of nitrogens with one attached hydrogen (secondary N) is 2. The first-order valence-electron chi connectivity index (χ1n) is 8.16. The molecule has 2 rings (SSSR count). The van der Waals surface area contributed by atoms with E-state index in [1.807, 2.05) is 20.8 Å². The summed E-state index contributed by atoms with van der Waals surface area (Å²) in [6, 6.07) is 4.15. The summed E-state index contributed by atoms with van der Waals surface area (Å²) < 4.78 is 5.76. The first-order chi connectivity index (χ1) is 10.3. The molecular formula is C18H29N2O2+. The fraction of sp³-hybridized carbons (Fsp3) is 0.611. The van der Waals surface area contributed by atoms with Gasteiger partial charge in [-0.3, -0.25) is 4.79 Å². The first-order valence-corrected chi connectivity index (χ1v) is 8.16. The second-order valence-corrected chi connectivity index (χ2v) is 6.81. The van der Waals surface area contributed by atoms with Crippen molar-refractivity contribution in [3.8, 4) is 0 Å². The van der Waals surface area contributed by atoms with Gasteiger partial charge < -0.3 is 15.0 Å². The number of hydrogen-bond acceptors (Lipinski definition) is 2. The molecule has 1 fully saturated rings. The highest BCUT2D eigenvalue weighted by molar-refractivity contribution is 5.95. The van der Waals surface area contributed by atoms with Gasteiger partial charge in [0, 0.05) is 5.69 Å². The monoisotopic (exact) mass is 305 g/mol. The molecule has 0 spiro atoms. The summed E-state index contributed by atoms with van der Waals surface area (Å²) in [4.78, 5) is 13.9. The zero-order chi connectivity index (χ0) is 16.4. The van der Waals surface area contributed by atoms with Crippen LogP contribution in [0.15, 0.2) is 12.1 Å². The minimum Gasteiger partial charge on any atom is -0.364 e. The highest BCUT2D eigenvalue weighted by Crippen LogP contribution is 2.21. The molecule has 1 aromatic carbocycles. The molecular weight excluding hydrogens is 276 g/mol. The number of rotatable bonds is 3. The van der Waals surface area contributed by atoms with E-state index in [0.29, 0.717) is 0 Å². The molecule has 0 aliphatic carbocycles. The third-order valence-corrected chi connectivity index (χ3v) is 4.49. The molecule has 0 aromatic heterocycles. The van der Waals surface area contributed by atoms with Gasteiger partial charge >= 0.3 is 0 Å². The van der Waals surface area contributed by atoms with E-state index in [9.17, 15) is 4.79 Å². The Morgan fingerprint density at radius 2 is 1.68 bits per heavy atom. The van der Waals surface area contributed by atoms with Crippen molar-refractivity contribution in [3.05, 3.63) is 28.8 Å². The average Bonchev–Trinajstić information content (AvgIpc) is 2.40. The van der Waals surface area contributed by atoms with E-state index in [1.165, 1.54) is 10.5 Å². The van der Waals surface area contributed by atoms with Crippen molar-refractivity contribution in [1.82, 2.24) is 0 Å². The fourth-order valence-corrected chi connectivity index (χ4v) is 3.46. The predicted molar refractivity (Wildman–Crippen MR) is 89.5 cm³/mol. The molecule has 122 valence electrons. The molecule has 0 unspecified atom stereocenters. The molecule has 1 aromatic rings. The summed E-state index contributed by atoms with van der Waals surface area (Å²) in [5.74, 6) is 0.0892. The summed E-state index contributed by atoms with van der Waals surface area (Å²) in [6.07, 6.45) is 0.411. The molecule has 0 saturated carbocycles. The average molecular weight is 305 g/mol. The topological polar surface area (TPSA) is 42.8 Å². The molecule has 4 nitrogen and oxygen atoms in total. The second-order valence-electron chi connectivity index (χ2n) is 6.81. The van der Waals surface area contributed by atoms with Crippen LogP contribution in [0.3, 0.4) is 0 Å². The van der Waals surface area contributed by atoms with E-state index in [1.54, 1.807) is 0 Å². The van der Waals surface area contributed by atoms with E-state index in [-0.39, 0.29) is 24.2 Å². The Balaban J connectivity index is 2.09. The van der Waals surface area contributed by atoms with Crippen molar-refractivity contribution >= 4 is 11.6 Å². The Morgan fingerprint density at radius 1 is 1.18 bits per heavy atom. The van der Waals surface area contributed by atoms with Gasteiger partial charge in [-0.25, -0.2) is 0 Å². The molecule has 1 heterocycles. The molecule has 1 saturated heterocycles. The number of anilines is 1. The predicted octanol–water partition coefficient (Wildman–Crippen LogP) is 1.63. The molecule has 1 aliphatic heterocycles. The van der Waals surface area contributed by atoms with Crippen LogP contribution in [0.2, 0.25) is 0 Å². The fourth-order valence-electron chi connectivity index (χ4n) is 3.46. The number of hydrogen-bond donors (Lipinski definition) is 2. The molecule has 1 aliphatic rings. The highest BCUT2D eigenvalue weighted by Gasteiger charge is 2.33. The Bertz CT molecular complexity index is 523. The lowest BCUT2D eigenvalue weighted by Crippen LogP contribution is -3.19. The molecule has 4 heteroatoms. The van der Waals surface area contributed by atoms with E-state index in [4.69, 9.17) is 4.74 Å². The van der Waals surface area contributed by atoms with E-state index in [0.717, 1.165) is 29.9 Å². The quantitative estimate of drug-likeness (QED) is 0.891. The van der Waals surface area contributed by atoms with Crippen LogP contribution in [-0.2, 0) is 9.53 Å². The number of ether oxygens (including phenoxy) is 1. The standard InChI is InChI=1S/C18H28N2O2/c1-11-7-12(2)17(13(3)8-11)19-18(21)16(6)20-9-14(4)22-15(5)10-20/h7-8,14-16H,9-10H2,1-6H3,(H,19,21)/p+1/t14-,15-,16-/m1/s1. The number of benzene rings is 1. The van der Waals surface area contributed by atoms with Gasteiger partial charge in [0.05, 0.1) is 0 Å². The number of aryl methyl sites for hydroxylation is 3. The largest absolute Gasteiger partial charge is 0.364 e. The Hall–Kier alpha value is -1.39. The van der Waals surface area contributed by atoms with Crippen molar-refractivity contribution in [2.24, 2.45) is 0 Å². The molecule has 2 N–H and O–H groups in total. The number of carbonyl (C=O) groups excluding carboxylic acids is 1. The van der Waals surface area contributed by atoms with Gasteiger partial charge in [0.2, 0.25) is 0 Å². The third-order valence-electron chi connectivity index (χ3n) is 4.49. The van der Waals surface area contributed by atoms with Crippen molar-refractivity contribution in [2.75, 3.05) is 18.4 Å². The summed E-state index contributed by atoms with van der Waals surface area (Å²) in [5, 5.41) is 3.13. The molecule has 22 heavy (non-hydrogen) atoms. The maximum Gasteiger partial charge on any atom is 0.282 e. The molecule has 1 amide bonds. The van der Waals surface area contributed by atoms with Crippen LogP contribution in [0.25, 0.3) is 0 Å². The zero-order valence-electron chi connectivity index (χ0n) is 14.6. The number of quaternary nitrogens is 1. The van der Waals surface area contributed by atoms with Crippen LogP contribution in [-0.4, -0.2) is 37.2 Å². The van der Waals surface area contributed by atoms with Crippen LogP contribution < -0.4 is 10.2 Å². The summed E-state index contributed by atoms with van der Waals surface area (Å²) in [5.41, 5.74) is 4.42. The van der Waals surface area contributed by atoms with Gasteiger partial charge in [-0.1, -0.05) is 17.7 Å². The lowest BCUT2D eigenvalue weighted by Gasteiger charge is -2.35. The van der Waals surface area contributed by atoms with Crippen molar-refractivity contribution in [1.29, 1.82) is 0 Å². The Labute approximate surface area is 133 Å². The SMILES string of the molecule is Cc1cc(C)c(NC(=O)[C@@H](C)[NH+]2C[C@@H](C)O[C@H](C)C2)c(C)c1. The van der Waals surface area contributed by atoms with Crippen LogP contribution in [0, 0.1) is 20.8 Å². The maximum atomic E-state index is 12.6. The van der Waals surface area contributed by atoms with Crippen LogP contribution in [0.4, 0.5) is 5.69 Å². The van der Waals surface area contributed by atoms with E-state index >= 15 is 0 Å².